The van der Waals surface area contributed by atoms with E-state index in [0.29, 0.717) is 12.4 Å². The van der Waals surface area contributed by atoms with Crippen LogP contribution in [0.1, 0.15) is 19.4 Å². The van der Waals surface area contributed by atoms with E-state index in [1.165, 1.54) is 5.56 Å². The van der Waals surface area contributed by atoms with E-state index in [2.05, 4.69) is 0 Å². The van der Waals surface area contributed by atoms with Gasteiger partial charge in [-0.25, -0.2) is 0 Å². The average molecular weight is 220 g/mol. The van der Waals surface area contributed by atoms with E-state index in [0.717, 1.165) is 5.75 Å². The SMILES string of the molecule is Cc1cccc(OCC2=COC(C)(C)O2)c1. The molecule has 0 aromatic heterocycles. The van der Waals surface area contributed by atoms with Crippen LogP contribution in [0.4, 0.5) is 0 Å². The van der Waals surface area contributed by atoms with Gasteiger partial charge in [0.25, 0.3) is 0 Å². The zero-order chi connectivity index (χ0) is 11.6. The Hall–Kier alpha value is -1.64. The van der Waals surface area contributed by atoms with Gasteiger partial charge in [0.05, 0.1) is 0 Å². The first-order chi connectivity index (χ1) is 7.55. The molecule has 0 spiro atoms. The maximum Gasteiger partial charge on any atom is 0.244 e. The van der Waals surface area contributed by atoms with Crippen LogP contribution in [0, 0.1) is 6.92 Å². The summed E-state index contributed by atoms with van der Waals surface area (Å²) in [6.45, 7) is 6.16. The van der Waals surface area contributed by atoms with Crippen LogP contribution in [0.2, 0.25) is 0 Å². The van der Waals surface area contributed by atoms with E-state index in [1.54, 1.807) is 6.26 Å². The van der Waals surface area contributed by atoms with Crippen molar-refractivity contribution in [2.24, 2.45) is 0 Å². The first kappa shape index (κ1) is 10.9. The minimum absolute atomic E-state index is 0.396. The molecule has 0 bridgehead atoms. The van der Waals surface area contributed by atoms with Gasteiger partial charge in [0.15, 0.2) is 5.76 Å². The fourth-order valence-electron chi connectivity index (χ4n) is 1.49. The lowest BCUT2D eigenvalue weighted by Crippen LogP contribution is -2.21. The molecule has 3 nitrogen and oxygen atoms in total. The van der Waals surface area contributed by atoms with Gasteiger partial charge in [-0.05, 0) is 24.6 Å². The van der Waals surface area contributed by atoms with Gasteiger partial charge in [-0.15, -0.1) is 0 Å². The largest absolute Gasteiger partial charge is 0.486 e. The highest BCUT2D eigenvalue weighted by Gasteiger charge is 2.27. The summed E-state index contributed by atoms with van der Waals surface area (Å²) in [6.07, 6.45) is 1.61. The van der Waals surface area contributed by atoms with Crippen molar-refractivity contribution in [2.75, 3.05) is 6.61 Å². The molecule has 2 rings (SSSR count). The van der Waals surface area contributed by atoms with Crippen molar-refractivity contribution in [3.05, 3.63) is 41.9 Å². The van der Waals surface area contributed by atoms with E-state index >= 15 is 0 Å². The summed E-state index contributed by atoms with van der Waals surface area (Å²) in [5.41, 5.74) is 1.18. The minimum atomic E-state index is -0.564. The number of hydrogen-bond acceptors (Lipinski definition) is 3. The molecule has 0 aliphatic carbocycles. The van der Waals surface area contributed by atoms with E-state index in [4.69, 9.17) is 14.2 Å². The highest BCUT2D eigenvalue weighted by molar-refractivity contribution is 5.27. The molecule has 0 atom stereocenters. The molecule has 1 aliphatic heterocycles. The third kappa shape index (κ3) is 2.69. The smallest absolute Gasteiger partial charge is 0.244 e. The second-order valence-electron chi connectivity index (χ2n) is 4.31. The monoisotopic (exact) mass is 220 g/mol. The van der Waals surface area contributed by atoms with Gasteiger partial charge in [0.1, 0.15) is 18.6 Å². The Labute approximate surface area is 95.6 Å². The van der Waals surface area contributed by atoms with Crippen molar-refractivity contribution < 1.29 is 14.2 Å². The van der Waals surface area contributed by atoms with Crippen LogP contribution >= 0.6 is 0 Å². The van der Waals surface area contributed by atoms with Crippen molar-refractivity contribution in [3.8, 4) is 5.75 Å². The zero-order valence-electron chi connectivity index (χ0n) is 9.82. The van der Waals surface area contributed by atoms with Crippen LogP contribution in [0.3, 0.4) is 0 Å². The second kappa shape index (κ2) is 4.08. The lowest BCUT2D eigenvalue weighted by atomic mass is 10.2. The lowest BCUT2D eigenvalue weighted by Gasteiger charge is -2.18. The molecule has 0 N–H and O–H groups in total. The van der Waals surface area contributed by atoms with E-state index in [9.17, 15) is 0 Å². The molecule has 16 heavy (non-hydrogen) atoms. The van der Waals surface area contributed by atoms with Crippen LogP contribution in [-0.4, -0.2) is 12.4 Å². The number of hydrogen-bond donors (Lipinski definition) is 0. The fraction of sp³-hybridized carbons (Fsp3) is 0.385. The normalized spacial score (nSPS) is 17.3. The van der Waals surface area contributed by atoms with Crippen molar-refractivity contribution >= 4 is 0 Å². The summed E-state index contributed by atoms with van der Waals surface area (Å²) in [4.78, 5) is 0. The summed E-state index contributed by atoms with van der Waals surface area (Å²) in [7, 11) is 0. The van der Waals surface area contributed by atoms with Gasteiger partial charge in [-0.1, -0.05) is 12.1 Å². The molecule has 3 heteroatoms. The van der Waals surface area contributed by atoms with E-state index in [1.807, 2.05) is 45.0 Å². The fourth-order valence-corrected chi connectivity index (χ4v) is 1.49. The van der Waals surface area contributed by atoms with Gasteiger partial charge < -0.3 is 14.2 Å². The van der Waals surface area contributed by atoms with Crippen LogP contribution in [0.25, 0.3) is 0 Å². The van der Waals surface area contributed by atoms with Gasteiger partial charge in [0.2, 0.25) is 5.79 Å². The Bertz CT molecular complexity index is 407. The van der Waals surface area contributed by atoms with Gasteiger partial charge in [-0.2, -0.15) is 0 Å². The molecule has 86 valence electrons. The topological polar surface area (TPSA) is 27.7 Å². The number of aryl methyl sites for hydroxylation is 1. The molecular formula is C13H16O3. The zero-order valence-corrected chi connectivity index (χ0v) is 9.82. The van der Waals surface area contributed by atoms with Crippen LogP contribution in [0.5, 0.6) is 5.75 Å². The van der Waals surface area contributed by atoms with Crippen molar-refractivity contribution in [1.82, 2.24) is 0 Å². The first-order valence-electron chi connectivity index (χ1n) is 5.30. The molecule has 0 saturated heterocycles. The van der Waals surface area contributed by atoms with Gasteiger partial charge >= 0.3 is 0 Å². The Morgan fingerprint density at radius 2 is 2.12 bits per heavy atom. The van der Waals surface area contributed by atoms with Crippen molar-refractivity contribution in [2.45, 2.75) is 26.6 Å². The molecular weight excluding hydrogens is 204 g/mol. The van der Waals surface area contributed by atoms with Crippen molar-refractivity contribution in [3.63, 3.8) is 0 Å². The Morgan fingerprint density at radius 1 is 1.31 bits per heavy atom. The predicted molar refractivity (Wildman–Crippen MR) is 61.0 cm³/mol. The molecule has 0 unspecified atom stereocenters. The lowest BCUT2D eigenvalue weighted by molar-refractivity contribution is -0.119. The Balaban J connectivity index is 1.89. The third-order valence-corrected chi connectivity index (χ3v) is 2.22. The maximum absolute atomic E-state index is 5.59. The molecule has 1 aromatic carbocycles. The average Bonchev–Trinajstić information content (AvgIpc) is 2.56. The third-order valence-electron chi connectivity index (χ3n) is 2.22. The molecule has 0 radical (unpaired) electrons. The number of benzene rings is 1. The van der Waals surface area contributed by atoms with E-state index in [-0.39, 0.29) is 0 Å². The predicted octanol–water partition coefficient (Wildman–Crippen LogP) is 3.00. The van der Waals surface area contributed by atoms with Crippen LogP contribution in [0.15, 0.2) is 36.3 Å². The number of ether oxygens (including phenoxy) is 3. The summed E-state index contributed by atoms with van der Waals surface area (Å²) in [6, 6.07) is 7.91. The molecule has 0 fully saturated rings. The van der Waals surface area contributed by atoms with Crippen molar-refractivity contribution in [1.29, 1.82) is 0 Å². The Kier molecular flexibility index (Phi) is 2.77. The molecule has 0 amide bonds. The highest BCUT2D eigenvalue weighted by Crippen LogP contribution is 2.24. The highest BCUT2D eigenvalue weighted by atomic mass is 16.7. The molecule has 1 aromatic rings. The van der Waals surface area contributed by atoms with Gasteiger partial charge in [0, 0.05) is 13.8 Å². The molecule has 1 aliphatic rings. The summed E-state index contributed by atoms with van der Waals surface area (Å²) in [5, 5.41) is 0. The maximum atomic E-state index is 5.59. The summed E-state index contributed by atoms with van der Waals surface area (Å²) >= 11 is 0. The van der Waals surface area contributed by atoms with E-state index < -0.39 is 5.79 Å². The summed E-state index contributed by atoms with van der Waals surface area (Å²) in [5.74, 6) is 0.992. The standard InChI is InChI=1S/C13H16O3/c1-10-5-4-6-11(7-10)14-8-12-9-15-13(2,3)16-12/h4-7,9H,8H2,1-3H3. The van der Waals surface area contributed by atoms with Crippen LogP contribution in [-0.2, 0) is 9.47 Å². The van der Waals surface area contributed by atoms with Gasteiger partial charge in [-0.3, -0.25) is 0 Å². The van der Waals surface area contributed by atoms with Crippen LogP contribution < -0.4 is 4.74 Å². The minimum Gasteiger partial charge on any atom is -0.486 e. The molecule has 1 heterocycles. The quantitative estimate of drug-likeness (QED) is 0.783. The summed E-state index contributed by atoms with van der Waals surface area (Å²) < 4.78 is 16.4. The number of rotatable bonds is 3. The first-order valence-corrected chi connectivity index (χ1v) is 5.30. The Morgan fingerprint density at radius 3 is 2.75 bits per heavy atom. The second-order valence-corrected chi connectivity index (χ2v) is 4.31. The molecule has 0 saturated carbocycles.